The SMILES string of the molecule is CC(=O)NC1CCC(NC[C@H](O)c2c(F)cccc2F)CC1. The number of nitrogens with one attached hydrogen (secondary N) is 2. The van der Waals surface area contributed by atoms with Crippen LogP contribution in [0.25, 0.3) is 0 Å². The molecule has 4 nitrogen and oxygen atoms in total. The summed E-state index contributed by atoms with van der Waals surface area (Å²) in [6.07, 6.45) is 2.23. The van der Waals surface area contributed by atoms with Gasteiger partial charge in [-0.1, -0.05) is 6.07 Å². The average molecular weight is 312 g/mol. The van der Waals surface area contributed by atoms with Gasteiger partial charge < -0.3 is 15.7 Å². The lowest BCUT2D eigenvalue weighted by atomic mass is 9.91. The molecule has 0 aliphatic heterocycles. The van der Waals surface area contributed by atoms with Crippen molar-refractivity contribution in [3.05, 3.63) is 35.4 Å². The first kappa shape index (κ1) is 16.8. The first-order valence-corrected chi connectivity index (χ1v) is 7.60. The van der Waals surface area contributed by atoms with Gasteiger partial charge >= 0.3 is 0 Å². The van der Waals surface area contributed by atoms with Crippen LogP contribution in [0.3, 0.4) is 0 Å². The Labute approximate surface area is 128 Å². The molecule has 2 rings (SSSR count). The summed E-state index contributed by atoms with van der Waals surface area (Å²) in [4.78, 5) is 11.0. The molecule has 0 bridgehead atoms. The lowest BCUT2D eigenvalue weighted by Gasteiger charge is -2.30. The van der Waals surface area contributed by atoms with Crippen LogP contribution in [-0.2, 0) is 4.79 Å². The second kappa shape index (κ2) is 7.65. The molecule has 1 aliphatic carbocycles. The maximum atomic E-state index is 13.6. The molecule has 1 saturated carbocycles. The molecular weight excluding hydrogens is 290 g/mol. The standard InChI is InChI=1S/C16H22F2N2O2/c1-10(21)20-12-7-5-11(6-8-12)19-9-15(22)16-13(17)3-2-4-14(16)18/h2-4,11-12,15,19,22H,5-9H2,1H3,(H,20,21)/t11?,12?,15-/m0/s1. The molecule has 0 heterocycles. The van der Waals surface area contributed by atoms with Crippen molar-refractivity contribution < 1.29 is 18.7 Å². The van der Waals surface area contributed by atoms with Gasteiger partial charge in [-0.2, -0.15) is 0 Å². The van der Waals surface area contributed by atoms with Gasteiger partial charge in [0, 0.05) is 25.6 Å². The van der Waals surface area contributed by atoms with E-state index in [1.807, 2.05) is 0 Å². The van der Waals surface area contributed by atoms with Crippen molar-refractivity contribution in [2.75, 3.05) is 6.54 Å². The van der Waals surface area contributed by atoms with Gasteiger partial charge in [0.2, 0.25) is 5.91 Å². The summed E-state index contributed by atoms with van der Waals surface area (Å²) in [5.74, 6) is -1.49. The van der Waals surface area contributed by atoms with Crippen molar-refractivity contribution >= 4 is 5.91 Å². The third-order valence-electron chi connectivity index (χ3n) is 4.07. The normalized spacial score (nSPS) is 23.1. The summed E-state index contributed by atoms with van der Waals surface area (Å²) in [5, 5.41) is 16.0. The number of aliphatic hydroxyl groups excluding tert-OH is 1. The fourth-order valence-electron chi connectivity index (χ4n) is 2.94. The van der Waals surface area contributed by atoms with Crippen LogP contribution in [0.5, 0.6) is 0 Å². The van der Waals surface area contributed by atoms with E-state index in [0.29, 0.717) is 0 Å². The molecule has 0 saturated heterocycles. The number of hydrogen-bond acceptors (Lipinski definition) is 3. The number of aliphatic hydroxyl groups is 1. The summed E-state index contributed by atoms with van der Waals surface area (Å²) in [5.41, 5.74) is -0.290. The van der Waals surface area contributed by atoms with Gasteiger partial charge in [0.25, 0.3) is 0 Å². The fourth-order valence-corrected chi connectivity index (χ4v) is 2.94. The summed E-state index contributed by atoms with van der Waals surface area (Å²) < 4.78 is 27.1. The topological polar surface area (TPSA) is 61.4 Å². The second-order valence-corrected chi connectivity index (χ2v) is 5.81. The van der Waals surface area contributed by atoms with Crippen molar-refractivity contribution in [1.82, 2.24) is 10.6 Å². The minimum absolute atomic E-state index is 0.0261. The largest absolute Gasteiger partial charge is 0.387 e. The van der Waals surface area contributed by atoms with Gasteiger partial charge in [-0.3, -0.25) is 4.79 Å². The molecule has 1 amide bonds. The van der Waals surface area contributed by atoms with E-state index in [4.69, 9.17) is 0 Å². The van der Waals surface area contributed by atoms with E-state index in [-0.39, 0.29) is 30.1 Å². The molecule has 1 aliphatic rings. The Morgan fingerprint density at radius 2 is 1.77 bits per heavy atom. The quantitative estimate of drug-likeness (QED) is 0.780. The lowest BCUT2D eigenvalue weighted by Crippen LogP contribution is -2.42. The summed E-state index contributed by atoms with van der Waals surface area (Å²) in [6, 6.07) is 3.94. The van der Waals surface area contributed by atoms with Gasteiger partial charge in [-0.15, -0.1) is 0 Å². The molecule has 1 atom stereocenters. The van der Waals surface area contributed by atoms with E-state index in [1.54, 1.807) is 0 Å². The highest BCUT2D eigenvalue weighted by Crippen LogP contribution is 2.22. The zero-order valence-electron chi connectivity index (χ0n) is 12.6. The number of carbonyl (C=O) groups is 1. The number of amides is 1. The van der Waals surface area contributed by atoms with E-state index < -0.39 is 17.7 Å². The fraction of sp³-hybridized carbons (Fsp3) is 0.562. The molecule has 22 heavy (non-hydrogen) atoms. The third-order valence-corrected chi connectivity index (χ3v) is 4.07. The van der Waals surface area contributed by atoms with E-state index in [2.05, 4.69) is 10.6 Å². The molecule has 0 aromatic heterocycles. The summed E-state index contributed by atoms with van der Waals surface area (Å²) in [7, 11) is 0. The van der Waals surface area contributed by atoms with Gasteiger partial charge in [-0.05, 0) is 37.8 Å². The summed E-state index contributed by atoms with van der Waals surface area (Å²) in [6.45, 7) is 1.61. The molecule has 0 radical (unpaired) electrons. The number of halogens is 2. The Bertz CT molecular complexity index is 497. The summed E-state index contributed by atoms with van der Waals surface area (Å²) >= 11 is 0. The zero-order chi connectivity index (χ0) is 16.1. The number of hydrogen-bond donors (Lipinski definition) is 3. The smallest absolute Gasteiger partial charge is 0.217 e. The van der Waals surface area contributed by atoms with E-state index in [9.17, 15) is 18.7 Å². The Kier molecular flexibility index (Phi) is 5.85. The van der Waals surface area contributed by atoms with Crippen molar-refractivity contribution in [3.63, 3.8) is 0 Å². The van der Waals surface area contributed by atoms with Crippen LogP contribution in [0.15, 0.2) is 18.2 Å². The van der Waals surface area contributed by atoms with Crippen LogP contribution in [0.2, 0.25) is 0 Å². The van der Waals surface area contributed by atoms with Crippen LogP contribution in [-0.4, -0.2) is 29.6 Å². The molecule has 1 aromatic rings. The number of carbonyl (C=O) groups excluding carboxylic acids is 1. The Morgan fingerprint density at radius 3 is 2.32 bits per heavy atom. The monoisotopic (exact) mass is 312 g/mol. The van der Waals surface area contributed by atoms with E-state index >= 15 is 0 Å². The molecule has 1 fully saturated rings. The predicted octanol–water partition coefficient (Wildman–Crippen LogP) is 2.04. The highest BCUT2D eigenvalue weighted by molar-refractivity contribution is 5.73. The molecule has 6 heteroatoms. The van der Waals surface area contributed by atoms with E-state index in [0.717, 1.165) is 37.8 Å². The van der Waals surface area contributed by atoms with Gasteiger partial charge in [0.05, 0.1) is 11.7 Å². The predicted molar refractivity (Wildman–Crippen MR) is 79.2 cm³/mol. The van der Waals surface area contributed by atoms with Crippen molar-refractivity contribution in [3.8, 4) is 0 Å². The first-order chi connectivity index (χ1) is 10.5. The van der Waals surface area contributed by atoms with Crippen LogP contribution in [0.4, 0.5) is 8.78 Å². The van der Waals surface area contributed by atoms with Crippen LogP contribution in [0.1, 0.15) is 44.3 Å². The Balaban J connectivity index is 1.80. The molecule has 0 spiro atoms. The highest BCUT2D eigenvalue weighted by atomic mass is 19.1. The van der Waals surface area contributed by atoms with Gasteiger partial charge in [0.15, 0.2) is 0 Å². The van der Waals surface area contributed by atoms with E-state index in [1.165, 1.54) is 13.0 Å². The van der Waals surface area contributed by atoms with Crippen LogP contribution >= 0.6 is 0 Å². The maximum absolute atomic E-state index is 13.6. The van der Waals surface area contributed by atoms with Gasteiger partial charge in [0.1, 0.15) is 11.6 Å². The second-order valence-electron chi connectivity index (χ2n) is 5.81. The third kappa shape index (κ3) is 4.48. The van der Waals surface area contributed by atoms with Crippen LogP contribution in [0, 0.1) is 11.6 Å². The Morgan fingerprint density at radius 1 is 1.23 bits per heavy atom. The van der Waals surface area contributed by atoms with Crippen molar-refractivity contribution in [2.45, 2.75) is 50.8 Å². The van der Waals surface area contributed by atoms with Gasteiger partial charge in [-0.25, -0.2) is 8.78 Å². The lowest BCUT2D eigenvalue weighted by molar-refractivity contribution is -0.119. The molecule has 0 unspecified atom stereocenters. The van der Waals surface area contributed by atoms with Crippen molar-refractivity contribution in [1.29, 1.82) is 0 Å². The molecule has 122 valence electrons. The number of rotatable bonds is 5. The number of benzene rings is 1. The van der Waals surface area contributed by atoms with Crippen molar-refractivity contribution in [2.24, 2.45) is 0 Å². The maximum Gasteiger partial charge on any atom is 0.217 e. The highest BCUT2D eigenvalue weighted by Gasteiger charge is 2.23. The molecule has 1 aromatic carbocycles. The Hall–Kier alpha value is -1.53. The first-order valence-electron chi connectivity index (χ1n) is 7.60. The van der Waals surface area contributed by atoms with Crippen LogP contribution < -0.4 is 10.6 Å². The average Bonchev–Trinajstić information content (AvgIpc) is 2.46. The minimum Gasteiger partial charge on any atom is -0.387 e. The molecule has 3 N–H and O–H groups in total. The molecular formula is C16H22F2N2O2. The minimum atomic E-state index is -1.21. The zero-order valence-corrected chi connectivity index (χ0v) is 12.6.